The first-order valence-corrected chi connectivity index (χ1v) is 5.46. The Hall–Kier alpha value is -0.690. The van der Waals surface area contributed by atoms with Gasteiger partial charge >= 0.3 is 0 Å². The number of rotatable bonds is 4. The Morgan fingerprint density at radius 2 is 2.19 bits per heavy atom. The van der Waals surface area contributed by atoms with Crippen LogP contribution in [0, 0.1) is 0 Å². The van der Waals surface area contributed by atoms with E-state index in [9.17, 15) is 9.90 Å². The van der Waals surface area contributed by atoms with Crippen molar-refractivity contribution >= 4 is 5.91 Å². The molecule has 0 aromatic heterocycles. The molecule has 1 rings (SSSR count). The van der Waals surface area contributed by atoms with Gasteiger partial charge in [-0.3, -0.25) is 15.1 Å². The highest BCUT2D eigenvalue weighted by molar-refractivity contribution is 5.81. The first-order chi connectivity index (χ1) is 7.50. The Kier molecular flexibility index (Phi) is 4.67. The number of carbonyl (C=O) groups is 1. The van der Waals surface area contributed by atoms with E-state index in [-0.39, 0.29) is 11.9 Å². The van der Waals surface area contributed by atoms with Crippen LogP contribution in [0.1, 0.15) is 19.8 Å². The van der Waals surface area contributed by atoms with Gasteiger partial charge in [-0.1, -0.05) is 0 Å². The van der Waals surface area contributed by atoms with Crippen LogP contribution >= 0.6 is 0 Å². The molecule has 94 valence electrons. The van der Waals surface area contributed by atoms with Crippen molar-refractivity contribution in [2.45, 2.75) is 31.4 Å². The van der Waals surface area contributed by atoms with E-state index >= 15 is 0 Å². The van der Waals surface area contributed by atoms with Crippen LogP contribution in [0.15, 0.2) is 0 Å². The molecule has 0 radical (unpaired) electrons. The Bertz CT molecular complexity index is 235. The smallest absolute Gasteiger partial charge is 0.253 e. The molecule has 6 heteroatoms. The molecule has 1 aliphatic heterocycles. The van der Waals surface area contributed by atoms with Crippen LogP contribution in [0.5, 0.6) is 0 Å². The Morgan fingerprint density at radius 3 is 2.62 bits per heavy atom. The van der Waals surface area contributed by atoms with Crippen molar-refractivity contribution in [3.05, 3.63) is 0 Å². The maximum Gasteiger partial charge on any atom is 0.253 e. The molecule has 0 saturated carbocycles. The number of carbonyl (C=O) groups excluding carboxylic acids is 1. The monoisotopic (exact) mass is 231 g/mol. The van der Waals surface area contributed by atoms with Gasteiger partial charge in [0.25, 0.3) is 5.91 Å². The minimum Gasteiger partial charge on any atom is -0.390 e. The number of hydrazine groups is 1. The zero-order valence-electron chi connectivity index (χ0n) is 9.90. The number of ether oxygens (including phenoxy) is 1. The first-order valence-electron chi connectivity index (χ1n) is 5.46. The third-order valence-electron chi connectivity index (χ3n) is 3.09. The van der Waals surface area contributed by atoms with Crippen LogP contribution < -0.4 is 11.3 Å². The molecular formula is C10H21N3O3. The molecule has 1 aliphatic rings. The van der Waals surface area contributed by atoms with Gasteiger partial charge in [-0.05, 0) is 19.8 Å². The number of likely N-dealkylation sites (tertiary alicyclic amines) is 1. The molecule has 16 heavy (non-hydrogen) atoms. The van der Waals surface area contributed by atoms with Crippen molar-refractivity contribution in [3.63, 3.8) is 0 Å². The molecule has 1 fully saturated rings. The number of aliphatic hydroxyl groups is 1. The normalized spacial score (nSPS) is 22.8. The number of hydrogen-bond donors (Lipinski definition) is 3. The third-order valence-corrected chi connectivity index (χ3v) is 3.09. The molecule has 4 N–H and O–H groups in total. The second-order valence-electron chi connectivity index (χ2n) is 4.51. The van der Waals surface area contributed by atoms with E-state index in [1.807, 2.05) is 11.8 Å². The molecule has 0 aromatic rings. The lowest BCUT2D eigenvalue weighted by atomic mass is 9.93. The molecule has 1 saturated heterocycles. The van der Waals surface area contributed by atoms with E-state index in [1.165, 1.54) is 0 Å². The molecule has 0 aromatic carbocycles. The molecule has 1 unspecified atom stereocenters. The van der Waals surface area contributed by atoms with E-state index in [4.69, 9.17) is 10.6 Å². The van der Waals surface area contributed by atoms with E-state index in [1.54, 1.807) is 7.11 Å². The largest absolute Gasteiger partial charge is 0.390 e. The highest BCUT2D eigenvalue weighted by atomic mass is 16.5. The van der Waals surface area contributed by atoms with Crippen molar-refractivity contribution in [1.29, 1.82) is 0 Å². The molecule has 1 heterocycles. The van der Waals surface area contributed by atoms with Gasteiger partial charge in [0.2, 0.25) is 0 Å². The van der Waals surface area contributed by atoms with Crippen molar-refractivity contribution in [1.82, 2.24) is 10.3 Å². The number of hydrogen-bond acceptors (Lipinski definition) is 5. The Morgan fingerprint density at radius 1 is 1.62 bits per heavy atom. The topological polar surface area (TPSA) is 87.8 Å². The maximum atomic E-state index is 11.5. The number of nitrogens with zero attached hydrogens (tertiary/aromatic N) is 1. The fraction of sp³-hybridized carbons (Fsp3) is 0.900. The van der Waals surface area contributed by atoms with Gasteiger partial charge in [-0.15, -0.1) is 0 Å². The summed E-state index contributed by atoms with van der Waals surface area (Å²) in [6, 6.07) is -0.369. The van der Waals surface area contributed by atoms with Crippen LogP contribution in [0.2, 0.25) is 0 Å². The first kappa shape index (κ1) is 13.4. The fourth-order valence-corrected chi connectivity index (χ4v) is 1.92. The van der Waals surface area contributed by atoms with Crippen LogP contribution in [0.4, 0.5) is 0 Å². The average Bonchev–Trinajstić information content (AvgIpc) is 2.25. The summed E-state index contributed by atoms with van der Waals surface area (Å²) in [6.07, 6.45) is 1.32. The fourth-order valence-electron chi connectivity index (χ4n) is 1.92. The number of piperidine rings is 1. The van der Waals surface area contributed by atoms with E-state index in [0.717, 1.165) is 0 Å². The van der Waals surface area contributed by atoms with Gasteiger partial charge in [0, 0.05) is 20.2 Å². The zero-order chi connectivity index (χ0) is 12.2. The summed E-state index contributed by atoms with van der Waals surface area (Å²) in [5.74, 6) is 4.89. The van der Waals surface area contributed by atoms with Crippen LogP contribution in [-0.2, 0) is 9.53 Å². The number of nitrogens with one attached hydrogen (secondary N) is 1. The third kappa shape index (κ3) is 3.41. The van der Waals surface area contributed by atoms with Crippen molar-refractivity contribution in [2.75, 3.05) is 26.8 Å². The second kappa shape index (κ2) is 5.58. The summed E-state index contributed by atoms with van der Waals surface area (Å²) >= 11 is 0. The summed E-state index contributed by atoms with van der Waals surface area (Å²) in [5, 5.41) is 9.82. The van der Waals surface area contributed by atoms with Gasteiger partial charge in [-0.2, -0.15) is 0 Å². The standard InChI is InChI=1S/C10H21N3O3/c1-10(15)3-5-13(6-4-10)8(7-16-2)9(14)12-11/h8,15H,3-7,11H2,1-2H3,(H,12,14). The predicted octanol–water partition coefficient (Wildman–Crippen LogP) is -1.16. The van der Waals surface area contributed by atoms with Gasteiger partial charge in [0.05, 0.1) is 12.2 Å². The highest BCUT2D eigenvalue weighted by Crippen LogP contribution is 2.22. The van der Waals surface area contributed by atoms with Crippen LogP contribution in [0.25, 0.3) is 0 Å². The Balaban J connectivity index is 2.56. The lowest BCUT2D eigenvalue weighted by Crippen LogP contribution is -2.55. The zero-order valence-corrected chi connectivity index (χ0v) is 9.90. The van der Waals surface area contributed by atoms with E-state index in [0.29, 0.717) is 32.5 Å². The summed E-state index contributed by atoms with van der Waals surface area (Å²) in [7, 11) is 1.55. The SMILES string of the molecule is COCC(C(=O)NN)N1CCC(C)(O)CC1. The minimum absolute atomic E-state index is 0.247. The maximum absolute atomic E-state index is 11.5. The molecule has 0 bridgehead atoms. The van der Waals surface area contributed by atoms with Crippen LogP contribution in [0.3, 0.4) is 0 Å². The van der Waals surface area contributed by atoms with Gasteiger partial charge in [0.15, 0.2) is 0 Å². The lowest BCUT2D eigenvalue weighted by Gasteiger charge is -2.39. The van der Waals surface area contributed by atoms with E-state index in [2.05, 4.69) is 5.43 Å². The molecule has 1 atom stereocenters. The Labute approximate surface area is 95.7 Å². The lowest BCUT2D eigenvalue weighted by molar-refractivity contribution is -0.130. The van der Waals surface area contributed by atoms with Gasteiger partial charge in [-0.25, -0.2) is 5.84 Å². The second-order valence-corrected chi connectivity index (χ2v) is 4.51. The number of methoxy groups -OCH3 is 1. The summed E-state index contributed by atoms with van der Waals surface area (Å²) in [4.78, 5) is 13.5. The van der Waals surface area contributed by atoms with Gasteiger partial charge in [0.1, 0.15) is 6.04 Å². The number of amides is 1. The molecule has 0 spiro atoms. The minimum atomic E-state index is -0.618. The summed E-state index contributed by atoms with van der Waals surface area (Å²) < 4.78 is 5.01. The molecule has 0 aliphatic carbocycles. The predicted molar refractivity (Wildman–Crippen MR) is 59.4 cm³/mol. The average molecular weight is 231 g/mol. The van der Waals surface area contributed by atoms with Crippen molar-refractivity contribution in [2.24, 2.45) is 5.84 Å². The van der Waals surface area contributed by atoms with Crippen molar-refractivity contribution in [3.8, 4) is 0 Å². The number of nitrogens with two attached hydrogens (primary N) is 1. The molecule has 6 nitrogen and oxygen atoms in total. The van der Waals surface area contributed by atoms with Crippen molar-refractivity contribution < 1.29 is 14.6 Å². The molecular weight excluding hydrogens is 210 g/mol. The quantitative estimate of drug-likeness (QED) is 0.323. The summed E-state index contributed by atoms with van der Waals surface area (Å²) in [5.41, 5.74) is 1.53. The summed E-state index contributed by atoms with van der Waals surface area (Å²) in [6.45, 7) is 3.48. The van der Waals surface area contributed by atoms with E-state index < -0.39 is 5.60 Å². The van der Waals surface area contributed by atoms with Crippen LogP contribution in [-0.4, -0.2) is 54.4 Å². The van der Waals surface area contributed by atoms with Gasteiger partial charge < -0.3 is 9.84 Å². The molecule has 1 amide bonds. The highest BCUT2D eigenvalue weighted by Gasteiger charge is 2.33.